The van der Waals surface area contributed by atoms with Crippen LogP contribution in [0.25, 0.3) is 0 Å². The zero-order valence-corrected chi connectivity index (χ0v) is 9.82. The molecule has 0 bridgehead atoms. The number of hydrogen-bond acceptors (Lipinski definition) is 3. The van der Waals surface area contributed by atoms with E-state index in [1.807, 2.05) is 0 Å². The first kappa shape index (κ1) is 12.4. The van der Waals surface area contributed by atoms with Gasteiger partial charge in [-0.3, -0.25) is 4.79 Å². The number of Topliss-reactive ketones (excluding diaryl/α,β-unsaturated/α-hetero) is 1. The van der Waals surface area contributed by atoms with E-state index in [0.29, 0.717) is 0 Å². The Kier molecular flexibility index (Phi) is 3.48. The number of rotatable bonds is 2. The molecule has 1 aliphatic carbocycles. The van der Waals surface area contributed by atoms with Crippen molar-refractivity contribution >= 4 is 11.8 Å². The minimum atomic E-state index is -0.594. The Morgan fingerprint density at radius 3 is 2.62 bits per heavy atom. The lowest BCUT2D eigenvalue weighted by molar-refractivity contribution is -0.150. The Hall–Kier alpha value is -1.64. The third kappa shape index (κ3) is 2.92. The van der Waals surface area contributed by atoms with Crippen molar-refractivity contribution in [3.05, 3.63) is 36.5 Å². The zero-order valence-electron chi connectivity index (χ0n) is 9.82. The van der Waals surface area contributed by atoms with Gasteiger partial charge in [-0.1, -0.05) is 18.2 Å². The monoisotopic (exact) mass is 220 g/mol. The highest BCUT2D eigenvalue weighted by Gasteiger charge is 2.28. The van der Waals surface area contributed by atoms with Crippen LogP contribution < -0.4 is 0 Å². The largest absolute Gasteiger partial charge is 0.456 e. The highest BCUT2D eigenvalue weighted by atomic mass is 16.6. The van der Waals surface area contributed by atoms with Gasteiger partial charge in [0.2, 0.25) is 0 Å². The fourth-order valence-electron chi connectivity index (χ4n) is 1.31. The molecule has 0 aromatic carbocycles. The number of ether oxygens (including phenoxy) is 1. The molecule has 0 heterocycles. The van der Waals surface area contributed by atoms with Crippen LogP contribution >= 0.6 is 0 Å². The molecule has 3 nitrogen and oxygen atoms in total. The van der Waals surface area contributed by atoms with Gasteiger partial charge < -0.3 is 4.74 Å². The second-order valence-corrected chi connectivity index (χ2v) is 4.59. The highest BCUT2D eigenvalue weighted by molar-refractivity contribution is 6.20. The third-order valence-corrected chi connectivity index (χ3v) is 2.02. The molecule has 3 heteroatoms. The maximum absolute atomic E-state index is 11.8. The average molecular weight is 220 g/mol. The van der Waals surface area contributed by atoms with Gasteiger partial charge in [-0.05, 0) is 26.8 Å². The Morgan fingerprint density at radius 1 is 1.50 bits per heavy atom. The van der Waals surface area contributed by atoms with Crippen molar-refractivity contribution in [3.8, 4) is 0 Å². The van der Waals surface area contributed by atoms with E-state index in [2.05, 4.69) is 6.58 Å². The van der Waals surface area contributed by atoms with Crippen LogP contribution in [0.2, 0.25) is 0 Å². The van der Waals surface area contributed by atoms with Gasteiger partial charge >= 0.3 is 5.97 Å². The zero-order chi connectivity index (χ0) is 12.3. The molecule has 0 aromatic rings. The summed E-state index contributed by atoms with van der Waals surface area (Å²) >= 11 is 0. The van der Waals surface area contributed by atoms with E-state index < -0.39 is 17.5 Å². The van der Waals surface area contributed by atoms with E-state index in [9.17, 15) is 9.59 Å². The number of hydrogen-bond donors (Lipinski definition) is 0. The Labute approximate surface area is 95.5 Å². The maximum atomic E-state index is 11.8. The Bertz CT molecular complexity index is 380. The second-order valence-electron chi connectivity index (χ2n) is 4.59. The van der Waals surface area contributed by atoms with Gasteiger partial charge in [0.25, 0.3) is 0 Å². The lowest BCUT2D eigenvalue weighted by Gasteiger charge is -2.21. The van der Waals surface area contributed by atoms with Crippen molar-refractivity contribution in [3.63, 3.8) is 0 Å². The topological polar surface area (TPSA) is 43.4 Å². The van der Waals surface area contributed by atoms with Gasteiger partial charge in [-0.25, -0.2) is 4.79 Å². The average Bonchev–Trinajstić information content (AvgIpc) is 2.15. The Morgan fingerprint density at radius 2 is 2.12 bits per heavy atom. The van der Waals surface area contributed by atoms with Crippen LogP contribution in [-0.2, 0) is 14.3 Å². The smallest absolute Gasteiger partial charge is 0.342 e. The van der Waals surface area contributed by atoms with Crippen LogP contribution in [0.5, 0.6) is 0 Å². The molecule has 0 saturated heterocycles. The fraction of sp³-hybridized carbons (Fsp3) is 0.385. The van der Waals surface area contributed by atoms with Crippen molar-refractivity contribution in [2.45, 2.75) is 26.4 Å². The molecule has 1 unspecified atom stereocenters. The van der Waals surface area contributed by atoms with Crippen molar-refractivity contribution in [2.75, 3.05) is 0 Å². The van der Waals surface area contributed by atoms with E-state index in [-0.39, 0.29) is 11.4 Å². The fourth-order valence-corrected chi connectivity index (χ4v) is 1.31. The number of esters is 1. The van der Waals surface area contributed by atoms with E-state index in [4.69, 9.17) is 4.74 Å². The van der Waals surface area contributed by atoms with Crippen LogP contribution in [0.15, 0.2) is 36.5 Å². The van der Waals surface area contributed by atoms with E-state index in [1.165, 1.54) is 12.2 Å². The van der Waals surface area contributed by atoms with E-state index in [1.54, 1.807) is 32.9 Å². The number of carbonyl (C=O) groups is 2. The SMILES string of the molecule is C=CC1C=CC=C(C(=O)OC(C)(C)C)C1=O. The molecule has 0 spiro atoms. The summed E-state index contributed by atoms with van der Waals surface area (Å²) < 4.78 is 5.14. The quantitative estimate of drug-likeness (QED) is 0.407. The first-order valence-corrected chi connectivity index (χ1v) is 5.14. The minimum Gasteiger partial charge on any atom is -0.456 e. The van der Waals surface area contributed by atoms with Crippen molar-refractivity contribution < 1.29 is 14.3 Å². The first-order valence-electron chi connectivity index (χ1n) is 5.14. The summed E-state index contributed by atoms with van der Waals surface area (Å²) in [6.45, 7) is 8.84. The molecule has 16 heavy (non-hydrogen) atoms. The van der Waals surface area contributed by atoms with Gasteiger partial charge in [0.05, 0.1) is 5.92 Å². The second kappa shape index (κ2) is 4.47. The lowest BCUT2D eigenvalue weighted by Crippen LogP contribution is -2.29. The third-order valence-electron chi connectivity index (χ3n) is 2.02. The maximum Gasteiger partial charge on any atom is 0.342 e. The van der Waals surface area contributed by atoms with Crippen LogP contribution in [0.1, 0.15) is 20.8 Å². The van der Waals surface area contributed by atoms with Crippen LogP contribution in [-0.4, -0.2) is 17.4 Å². The van der Waals surface area contributed by atoms with Crippen LogP contribution in [0.3, 0.4) is 0 Å². The first-order chi connectivity index (χ1) is 7.35. The minimum absolute atomic E-state index is 0.0855. The van der Waals surface area contributed by atoms with Gasteiger partial charge in [-0.15, -0.1) is 6.58 Å². The molecular formula is C13H16O3. The number of allylic oxidation sites excluding steroid dienone is 4. The van der Waals surface area contributed by atoms with Gasteiger partial charge in [0, 0.05) is 0 Å². The number of carbonyl (C=O) groups excluding carboxylic acids is 2. The molecule has 0 aliphatic heterocycles. The number of ketones is 1. The lowest BCUT2D eigenvalue weighted by atomic mass is 9.93. The predicted octanol–water partition coefficient (Wildman–Crippen LogP) is 2.20. The molecule has 1 aliphatic rings. The van der Waals surface area contributed by atoms with Crippen LogP contribution in [0.4, 0.5) is 0 Å². The molecule has 0 radical (unpaired) electrons. The molecule has 1 rings (SSSR count). The van der Waals surface area contributed by atoms with Crippen molar-refractivity contribution in [2.24, 2.45) is 5.92 Å². The van der Waals surface area contributed by atoms with Crippen molar-refractivity contribution in [1.29, 1.82) is 0 Å². The summed E-state index contributed by atoms with van der Waals surface area (Å²) in [5, 5.41) is 0. The molecule has 0 amide bonds. The summed E-state index contributed by atoms with van der Waals surface area (Å²) in [6.07, 6.45) is 6.36. The van der Waals surface area contributed by atoms with Gasteiger partial charge in [-0.2, -0.15) is 0 Å². The Balaban J connectivity index is 2.85. The normalized spacial score (nSPS) is 20.3. The molecule has 86 valence electrons. The predicted molar refractivity (Wildman–Crippen MR) is 61.8 cm³/mol. The summed E-state index contributed by atoms with van der Waals surface area (Å²) in [5.41, 5.74) is -0.509. The molecule has 0 saturated carbocycles. The van der Waals surface area contributed by atoms with E-state index >= 15 is 0 Å². The molecule has 0 fully saturated rings. The van der Waals surface area contributed by atoms with E-state index in [0.717, 1.165) is 0 Å². The highest BCUT2D eigenvalue weighted by Crippen LogP contribution is 2.19. The molecular weight excluding hydrogens is 204 g/mol. The van der Waals surface area contributed by atoms with Crippen molar-refractivity contribution in [1.82, 2.24) is 0 Å². The van der Waals surface area contributed by atoms with Gasteiger partial charge in [0.15, 0.2) is 5.78 Å². The summed E-state index contributed by atoms with van der Waals surface area (Å²) in [6, 6.07) is 0. The standard InChI is InChI=1S/C13H16O3/c1-5-9-7-6-8-10(11(9)14)12(15)16-13(2,3)4/h5-9H,1H2,2-4H3. The summed E-state index contributed by atoms with van der Waals surface area (Å²) in [7, 11) is 0. The summed E-state index contributed by atoms with van der Waals surface area (Å²) in [5.74, 6) is -1.26. The molecule has 0 N–H and O–H groups in total. The van der Waals surface area contributed by atoms with Crippen LogP contribution in [0, 0.1) is 5.92 Å². The van der Waals surface area contributed by atoms with Gasteiger partial charge in [0.1, 0.15) is 11.2 Å². The molecule has 1 atom stereocenters. The summed E-state index contributed by atoms with van der Waals surface area (Å²) in [4.78, 5) is 23.5. The molecule has 0 aromatic heterocycles.